The van der Waals surface area contributed by atoms with Crippen molar-refractivity contribution in [3.05, 3.63) is 65.2 Å². The van der Waals surface area contributed by atoms with Crippen LogP contribution in [0.3, 0.4) is 0 Å². The number of benzene rings is 2. The van der Waals surface area contributed by atoms with E-state index >= 15 is 0 Å². The number of carbonyl (C=O) groups is 1. The third kappa shape index (κ3) is 5.18. The summed E-state index contributed by atoms with van der Waals surface area (Å²) in [5.41, 5.74) is 2.79. The van der Waals surface area contributed by atoms with Gasteiger partial charge in [0.1, 0.15) is 0 Å². The average Bonchev–Trinajstić information content (AvgIpc) is 2.96. The molecule has 1 amide bonds. The summed E-state index contributed by atoms with van der Waals surface area (Å²) in [7, 11) is -1.92. The van der Waals surface area contributed by atoms with Crippen LogP contribution in [0, 0.1) is 0 Å². The van der Waals surface area contributed by atoms with E-state index in [1.807, 2.05) is 41.3 Å². The third-order valence-electron chi connectivity index (χ3n) is 5.35. The quantitative estimate of drug-likeness (QED) is 0.494. The van der Waals surface area contributed by atoms with Gasteiger partial charge in [0.05, 0.1) is 4.90 Å². The van der Waals surface area contributed by atoms with Gasteiger partial charge in [-0.3, -0.25) is 4.79 Å². The topological polar surface area (TPSA) is 57.7 Å². The zero-order valence-electron chi connectivity index (χ0n) is 16.7. The molecule has 0 fully saturated rings. The number of nitrogens with zero attached hydrogens (tertiary/aromatic N) is 2. The van der Waals surface area contributed by atoms with Crippen molar-refractivity contribution in [2.75, 3.05) is 32.6 Å². The average molecular weight is 435 g/mol. The van der Waals surface area contributed by atoms with Crippen molar-refractivity contribution in [1.82, 2.24) is 9.21 Å². The number of amides is 1. The molecule has 156 valence electrons. The second-order valence-electron chi connectivity index (χ2n) is 7.31. The number of fused-ring (bicyclic) bond motifs is 1. The molecule has 0 saturated heterocycles. The fourth-order valence-electron chi connectivity index (χ4n) is 3.56. The number of hydrogen-bond acceptors (Lipinski definition) is 3. The van der Waals surface area contributed by atoms with E-state index in [0.717, 1.165) is 30.4 Å². The van der Waals surface area contributed by atoms with Crippen LogP contribution < -0.4 is 0 Å². The van der Waals surface area contributed by atoms with Crippen molar-refractivity contribution in [2.24, 2.45) is 0 Å². The van der Waals surface area contributed by atoms with Gasteiger partial charge in [0.15, 0.2) is 0 Å². The van der Waals surface area contributed by atoms with Gasteiger partial charge >= 0.3 is 0 Å². The Morgan fingerprint density at radius 1 is 1.03 bits per heavy atom. The molecule has 1 aliphatic heterocycles. The highest BCUT2D eigenvalue weighted by Crippen LogP contribution is 2.23. The summed E-state index contributed by atoms with van der Waals surface area (Å²) < 4.78 is 27.2. The molecule has 2 aromatic rings. The highest BCUT2D eigenvalue weighted by Gasteiger charge is 2.24. The van der Waals surface area contributed by atoms with Crippen molar-refractivity contribution in [3.8, 4) is 0 Å². The standard InChI is InChI=1S/C22H27ClN2O3S/c1-24(14-6-5-13-23)29(27,28)21-10-9-18-11-15-25(16-12-20(18)17-21)22(26)19-7-3-2-4-8-19/h2-4,7-10,17H,5-6,11-16H2,1H3. The van der Waals surface area contributed by atoms with Crippen molar-refractivity contribution in [2.45, 2.75) is 30.6 Å². The van der Waals surface area contributed by atoms with Crippen LogP contribution in [0.4, 0.5) is 0 Å². The highest BCUT2D eigenvalue weighted by atomic mass is 35.5. The van der Waals surface area contributed by atoms with Gasteiger partial charge in [0.25, 0.3) is 5.91 Å². The number of sulfonamides is 1. The Morgan fingerprint density at radius 3 is 2.41 bits per heavy atom. The van der Waals surface area contributed by atoms with Crippen LogP contribution >= 0.6 is 11.6 Å². The van der Waals surface area contributed by atoms with Crippen LogP contribution in [0.1, 0.15) is 34.3 Å². The van der Waals surface area contributed by atoms with Gasteiger partial charge in [0.2, 0.25) is 10.0 Å². The SMILES string of the molecule is CN(CCCCCl)S(=O)(=O)c1ccc2c(c1)CCN(C(=O)c1ccccc1)CC2. The summed E-state index contributed by atoms with van der Waals surface area (Å²) in [6.07, 6.45) is 2.89. The summed E-state index contributed by atoms with van der Waals surface area (Å²) in [4.78, 5) is 14.9. The van der Waals surface area contributed by atoms with Gasteiger partial charge < -0.3 is 4.90 Å². The van der Waals surface area contributed by atoms with Crippen molar-refractivity contribution < 1.29 is 13.2 Å². The van der Waals surface area contributed by atoms with Crippen LogP contribution in [-0.2, 0) is 22.9 Å². The summed E-state index contributed by atoms with van der Waals surface area (Å²) in [5, 5.41) is 0. The Labute approximate surface area is 178 Å². The Balaban J connectivity index is 1.73. The second-order valence-corrected chi connectivity index (χ2v) is 9.73. The smallest absolute Gasteiger partial charge is 0.253 e. The van der Waals surface area contributed by atoms with Crippen LogP contribution in [0.25, 0.3) is 0 Å². The second kappa shape index (κ2) is 9.74. The number of halogens is 1. The molecule has 3 rings (SSSR count). The monoisotopic (exact) mass is 434 g/mol. The van der Waals surface area contributed by atoms with Crippen molar-refractivity contribution in [3.63, 3.8) is 0 Å². The summed E-state index contributed by atoms with van der Waals surface area (Å²) in [6, 6.07) is 14.6. The normalized spacial score (nSPS) is 14.5. The molecule has 0 N–H and O–H groups in total. The van der Waals surface area contributed by atoms with E-state index in [9.17, 15) is 13.2 Å². The molecule has 5 nitrogen and oxygen atoms in total. The minimum atomic E-state index is -3.53. The molecule has 7 heteroatoms. The minimum absolute atomic E-state index is 0.0188. The molecule has 0 bridgehead atoms. The lowest BCUT2D eigenvalue weighted by Gasteiger charge is -2.20. The first kappa shape index (κ1) is 21.8. The molecular weight excluding hydrogens is 408 g/mol. The van der Waals surface area contributed by atoms with Crippen LogP contribution in [0.2, 0.25) is 0 Å². The molecule has 0 radical (unpaired) electrons. The van der Waals surface area contributed by atoms with E-state index in [2.05, 4.69) is 0 Å². The van der Waals surface area contributed by atoms with Gasteiger partial charge in [-0.05, 0) is 61.1 Å². The molecule has 0 unspecified atom stereocenters. The van der Waals surface area contributed by atoms with E-state index in [1.165, 1.54) is 4.31 Å². The Bertz CT molecular complexity index is 948. The first-order valence-corrected chi connectivity index (χ1v) is 11.9. The summed E-state index contributed by atoms with van der Waals surface area (Å²) in [6.45, 7) is 1.66. The molecule has 0 aliphatic carbocycles. The molecule has 0 atom stereocenters. The van der Waals surface area contributed by atoms with Crippen LogP contribution in [0.15, 0.2) is 53.4 Å². The highest BCUT2D eigenvalue weighted by molar-refractivity contribution is 7.89. The molecule has 1 heterocycles. The number of rotatable bonds is 7. The summed E-state index contributed by atoms with van der Waals surface area (Å²) in [5.74, 6) is 0.551. The number of hydrogen-bond donors (Lipinski definition) is 0. The van der Waals surface area contributed by atoms with E-state index in [4.69, 9.17) is 11.6 Å². The minimum Gasteiger partial charge on any atom is -0.338 e. The van der Waals surface area contributed by atoms with E-state index in [1.54, 1.807) is 19.2 Å². The van der Waals surface area contributed by atoms with Crippen molar-refractivity contribution in [1.29, 1.82) is 0 Å². The maximum Gasteiger partial charge on any atom is 0.253 e. The Kier molecular flexibility index (Phi) is 7.33. The predicted octanol–water partition coefficient (Wildman–Crippen LogP) is 3.57. The molecular formula is C22H27ClN2O3S. The van der Waals surface area contributed by atoms with Gasteiger partial charge in [0, 0.05) is 38.1 Å². The molecule has 0 spiro atoms. The summed E-state index contributed by atoms with van der Waals surface area (Å²) >= 11 is 5.69. The zero-order chi connectivity index (χ0) is 20.9. The Morgan fingerprint density at radius 2 is 1.72 bits per heavy atom. The van der Waals surface area contributed by atoms with Crippen LogP contribution in [0.5, 0.6) is 0 Å². The predicted molar refractivity (Wildman–Crippen MR) is 116 cm³/mol. The molecule has 29 heavy (non-hydrogen) atoms. The Hall–Kier alpha value is -1.89. The molecule has 0 saturated carbocycles. The number of unbranched alkanes of at least 4 members (excludes halogenated alkanes) is 1. The maximum absolute atomic E-state index is 12.9. The van der Waals surface area contributed by atoms with E-state index in [0.29, 0.717) is 42.4 Å². The molecule has 2 aromatic carbocycles. The molecule has 0 aromatic heterocycles. The van der Waals surface area contributed by atoms with Crippen molar-refractivity contribution >= 4 is 27.5 Å². The lowest BCUT2D eigenvalue weighted by Crippen LogP contribution is -2.33. The number of alkyl halides is 1. The third-order valence-corrected chi connectivity index (χ3v) is 7.47. The fourth-order valence-corrected chi connectivity index (χ4v) is 5.01. The lowest BCUT2D eigenvalue weighted by atomic mass is 10.0. The fraction of sp³-hybridized carbons (Fsp3) is 0.409. The zero-order valence-corrected chi connectivity index (χ0v) is 18.3. The van der Waals surface area contributed by atoms with E-state index in [-0.39, 0.29) is 5.91 Å². The van der Waals surface area contributed by atoms with Gasteiger partial charge in [-0.2, -0.15) is 0 Å². The van der Waals surface area contributed by atoms with E-state index < -0.39 is 10.0 Å². The lowest BCUT2D eigenvalue weighted by molar-refractivity contribution is 0.0763. The van der Waals surface area contributed by atoms with Gasteiger partial charge in [-0.15, -0.1) is 11.6 Å². The van der Waals surface area contributed by atoms with Gasteiger partial charge in [-0.25, -0.2) is 12.7 Å². The first-order chi connectivity index (χ1) is 13.9. The first-order valence-electron chi connectivity index (χ1n) is 9.92. The van der Waals surface area contributed by atoms with Gasteiger partial charge in [-0.1, -0.05) is 24.3 Å². The molecule has 1 aliphatic rings. The maximum atomic E-state index is 12.9. The largest absolute Gasteiger partial charge is 0.338 e. The number of carbonyl (C=O) groups excluding carboxylic acids is 1. The van der Waals surface area contributed by atoms with Crippen LogP contribution in [-0.4, -0.2) is 56.1 Å².